The van der Waals surface area contributed by atoms with Gasteiger partial charge in [0.15, 0.2) is 0 Å². The van der Waals surface area contributed by atoms with Crippen LogP contribution in [0.2, 0.25) is 0 Å². The lowest BCUT2D eigenvalue weighted by Crippen LogP contribution is -2.51. The van der Waals surface area contributed by atoms with E-state index < -0.39 is 6.04 Å². The van der Waals surface area contributed by atoms with Gasteiger partial charge in [-0.25, -0.2) is 0 Å². The molecule has 3 N–H and O–H groups in total. The van der Waals surface area contributed by atoms with E-state index in [0.717, 1.165) is 0 Å². The number of likely N-dealkylation sites (tertiary alicyclic amines) is 1. The summed E-state index contributed by atoms with van der Waals surface area (Å²) in [5.41, 5.74) is 5.78. The number of rotatable bonds is 4. The number of methoxy groups -OCH3 is 1. The Morgan fingerprint density at radius 2 is 2.38 bits per heavy atom. The highest BCUT2D eigenvalue weighted by molar-refractivity contribution is 5.81. The summed E-state index contributed by atoms with van der Waals surface area (Å²) >= 11 is 0. The predicted octanol–water partition coefficient (Wildman–Crippen LogP) is -0.420. The number of nitrogens with two attached hydrogens (primary N) is 1. The molecule has 0 saturated carbocycles. The van der Waals surface area contributed by atoms with E-state index in [0.29, 0.717) is 32.5 Å². The zero-order chi connectivity index (χ0) is 12.1. The van der Waals surface area contributed by atoms with E-state index in [-0.39, 0.29) is 17.9 Å². The van der Waals surface area contributed by atoms with Crippen LogP contribution >= 0.6 is 0 Å². The SMILES string of the molecule is COCCC(N)C(=O)N1CCC(O)C(C)C1. The molecule has 5 heteroatoms. The smallest absolute Gasteiger partial charge is 0.239 e. The molecule has 16 heavy (non-hydrogen) atoms. The fourth-order valence-corrected chi connectivity index (χ4v) is 1.94. The third-order valence-corrected chi connectivity index (χ3v) is 3.12. The first kappa shape index (κ1) is 13.4. The molecule has 0 aromatic carbocycles. The number of amides is 1. The maximum Gasteiger partial charge on any atom is 0.239 e. The number of aliphatic hydroxyl groups excluding tert-OH is 1. The van der Waals surface area contributed by atoms with Crippen molar-refractivity contribution in [2.45, 2.75) is 31.9 Å². The molecule has 94 valence electrons. The number of ether oxygens (including phenoxy) is 1. The highest BCUT2D eigenvalue weighted by atomic mass is 16.5. The fraction of sp³-hybridized carbons (Fsp3) is 0.909. The third-order valence-electron chi connectivity index (χ3n) is 3.12. The van der Waals surface area contributed by atoms with Crippen molar-refractivity contribution in [3.05, 3.63) is 0 Å². The minimum atomic E-state index is -0.484. The standard InChI is InChI=1S/C11H22N2O3/c1-8-7-13(5-3-10(8)14)11(15)9(12)4-6-16-2/h8-10,14H,3-7,12H2,1-2H3. The molecule has 1 fully saturated rings. The summed E-state index contributed by atoms with van der Waals surface area (Å²) in [4.78, 5) is 13.7. The summed E-state index contributed by atoms with van der Waals surface area (Å²) in [6, 6.07) is -0.484. The maximum atomic E-state index is 11.9. The van der Waals surface area contributed by atoms with Crippen LogP contribution in [0.15, 0.2) is 0 Å². The molecule has 5 nitrogen and oxygen atoms in total. The molecule has 0 spiro atoms. The number of piperidine rings is 1. The van der Waals surface area contributed by atoms with Crippen LogP contribution in [0.25, 0.3) is 0 Å². The average Bonchev–Trinajstić information content (AvgIpc) is 2.28. The van der Waals surface area contributed by atoms with Gasteiger partial charge in [0.05, 0.1) is 12.1 Å². The lowest BCUT2D eigenvalue weighted by atomic mass is 9.96. The van der Waals surface area contributed by atoms with Gasteiger partial charge in [0.1, 0.15) is 0 Å². The molecule has 0 radical (unpaired) electrons. The Kier molecular flexibility index (Phi) is 5.18. The van der Waals surface area contributed by atoms with E-state index in [2.05, 4.69) is 0 Å². The number of aliphatic hydroxyl groups is 1. The van der Waals surface area contributed by atoms with Crippen LogP contribution in [0, 0.1) is 5.92 Å². The van der Waals surface area contributed by atoms with Gasteiger partial charge in [-0.2, -0.15) is 0 Å². The first-order chi connectivity index (χ1) is 7.56. The van der Waals surface area contributed by atoms with Crippen LogP contribution in [0.1, 0.15) is 19.8 Å². The summed E-state index contributed by atoms with van der Waals surface area (Å²) in [6.45, 7) is 3.65. The first-order valence-corrected chi connectivity index (χ1v) is 5.77. The molecular formula is C11H22N2O3. The van der Waals surface area contributed by atoms with E-state index in [9.17, 15) is 9.90 Å². The summed E-state index contributed by atoms with van der Waals surface area (Å²) in [5.74, 6) is 0.100. The number of nitrogens with zero attached hydrogens (tertiary/aromatic N) is 1. The molecule has 0 aliphatic carbocycles. The van der Waals surface area contributed by atoms with Crippen LogP contribution in [-0.4, -0.2) is 54.9 Å². The monoisotopic (exact) mass is 230 g/mol. The van der Waals surface area contributed by atoms with Gasteiger partial charge in [-0.15, -0.1) is 0 Å². The van der Waals surface area contributed by atoms with E-state index in [1.807, 2.05) is 6.92 Å². The molecule has 1 saturated heterocycles. The lowest BCUT2D eigenvalue weighted by Gasteiger charge is -2.35. The van der Waals surface area contributed by atoms with Crippen molar-refractivity contribution in [3.63, 3.8) is 0 Å². The summed E-state index contributed by atoms with van der Waals surface area (Å²) in [6.07, 6.45) is 0.895. The summed E-state index contributed by atoms with van der Waals surface area (Å²) < 4.78 is 4.90. The molecule has 1 aliphatic heterocycles. The van der Waals surface area contributed by atoms with E-state index >= 15 is 0 Å². The van der Waals surface area contributed by atoms with Crippen LogP contribution in [0.5, 0.6) is 0 Å². The zero-order valence-electron chi connectivity index (χ0n) is 10.1. The number of carbonyl (C=O) groups excluding carboxylic acids is 1. The second-order valence-corrected chi connectivity index (χ2v) is 4.51. The molecule has 0 aromatic heterocycles. The van der Waals surface area contributed by atoms with E-state index in [1.54, 1.807) is 12.0 Å². The van der Waals surface area contributed by atoms with Crippen LogP contribution < -0.4 is 5.73 Å². The average molecular weight is 230 g/mol. The first-order valence-electron chi connectivity index (χ1n) is 5.77. The van der Waals surface area contributed by atoms with E-state index in [4.69, 9.17) is 10.5 Å². The molecule has 3 atom stereocenters. The van der Waals surface area contributed by atoms with Crippen molar-refractivity contribution in [2.24, 2.45) is 11.7 Å². The van der Waals surface area contributed by atoms with Crippen molar-refractivity contribution < 1.29 is 14.6 Å². The summed E-state index contributed by atoms with van der Waals surface area (Å²) in [7, 11) is 1.59. The third kappa shape index (κ3) is 3.43. The van der Waals surface area contributed by atoms with Crippen molar-refractivity contribution in [1.82, 2.24) is 4.90 Å². The van der Waals surface area contributed by atoms with Gasteiger partial charge in [-0.05, 0) is 18.8 Å². The predicted molar refractivity (Wildman–Crippen MR) is 60.8 cm³/mol. The molecule has 1 amide bonds. The Morgan fingerprint density at radius 3 is 2.94 bits per heavy atom. The van der Waals surface area contributed by atoms with Gasteiger partial charge in [-0.1, -0.05) is 6.92 Å². The highest BCUT2D eigenvalue weighted by Gasteiger charge is 2.29. The van der Waals surface area contributed by atoms with Crippen molar-refractivity contribution in [2.75, 3.05) is 26.8 Å². The fourth-order valence-electron chi connectivity index (χ4n) is 1.94. The molecule has 1 aliphatic rings. The summed E-state index contributed by atoms with van der Waals surface area (Å²) in [5, 5.41) is 9.57. The topological polar surface area (TPSA) is 75.8 Å². The van der Waals surface area contributed by atoms with Crippen LogP contribution in [-0.2, 0) is 9.53 Å². The molecule has 1 heterocycles. The lowest BCUT2D eigenvalue weighted by molar-refractivity contribution is -0.136. The van der Waals surface area contributed by atoms with Gasteiger partial charge < -0.3 is 20.5 Å². The molecule has 0 aromatic rings. The number of carbonyl (C=O) groups is 1. The number of hydrogen-bond acceptors (Lipinski definition) is 4. The Balaban J connectivity index is 2.42. The molecule has 1 rings (SSSR count). The van der Waals surface area contributed by atoms with Crippen LogP contribution in [0.4, 0.5) is 0 Å². The van der Waals surface area contributed by atoms with Crippen molar-refractivity contribution >= 4 is 5.91 Å². The Bertz CT molecular complexity index is 235. The Morgan fingerprint density at radius 1 is 1.69 bits per heavy atom. The molecular weight excluding hydrogens is 208 g/mol. The number of hydrogen-bond donors (Lipinski definition) is 2. The van der Waals surface area contributed by atoms with Crippen molar-refractivity contribution in [1.29, 1.82) is 0 Å². The van der Waals surface area contributed by atoms with Gasteiger partial charge in [0, 0.05) is 26.8 Å². The minimum absolute atomic E-state index is 0.0317. The van der Waals surface area contributed by atoms with E-state index in [1.165, 1.54) is 0 Å². The van der Waals surface area contributed by atoms with Crippen LogP contribution in [0.3, 0.4) is 0 Å². The largest absolute Gasteiger partial charge is 0.393 e. The highest BCUT2D eigenvalue weighted by Crippen LogP contribution is 2.17. The zero-order valence-corrected chi connectivity index (χ0v) is 10.1. The van der Waals surface area contributed by atoms with Crippen molar-refractivity contribution in [3.8, 4) is 0 Å². The quantitative estimate of drug-likeness (QED) is 0.688. The minimum Gasteiger partial charge on any atom is -0.393 e. The van der Waals surface area contributed by atoms with Gasteiger partial charge in [0.25, 0.3) is 0 Å². The Hall–Kier alpha value is -0.650. The maximum absolute atomic E-state index is 11.9. The Labute approximate surface area is 96.6 Å². The van der Waals surface area contributed by atoms with Gasteiger partial charge in [0.2, 0.25) is 5.91 Å². The molecule has 0 bridgehead atoms. The normalized spacial score (nSPS) is 27.9. The van der Waals surface area contributed by atoms with Gasteiger partial charge in [-0.3, -0.25) is 4.79 Å². The second kappa shape index (κ2) is 6.18. The second-order valence-electron chi connectivity index (χ2n) is 4.51. The van der Waals surface area contributed by atoms with Gasteiger partial charge >= 0.3 is 0 Å². The molecule has 3 unspecified atom stereocenters.